The summed E-state index contributed by atoms with van der Waals surface area (Å²) in [7, 11) is 1.90. The number of hydrogen-bond acceptors (Lipinski definition) is 6. The average molecular weight is 310 g/mol. The fourth-order valence-corrected chi connectivity index (χ4v) is 2.22. The van der Waals surface area contributed by atoms with Crippen LogP contribution in [0.1, 0.15) is 25.1 Å². The minimum atomic E-state index is 0.192. The van der Waals surface area contributed by atoms with Gasteiger partial charge in [-0.1, -0.05) is 0 Å². The minimum Gasteiger partial charge on any atom is -0.350 e. The lowest BCUT2D eigenvalue weighted by atomic mass is 10.3. The van der Waals surface area contributed by atoms with Crippen LogP contribution in [0, 0.1) is 6.92 Å². The zero-order valence-electron chi connectivity index (χ0n) is 12.8. The van der Waals surface area contributed by atoms with Gasteiger partial charge in [-0.15, -0.1) is 0 Å². The summed E-state index contributed by atoms with van der Waals surface area (Å²) < 4.78 is 1.79. The van der Waals surface area contributed by atoms with Crippen molar-refractivity contribution in [3.63, 3.8) is 0 Å². The second-order valence-electron chi connectivity index (χ2n) is 4.67. The molecule has 0 bridgehead atoms. The molecule has 0 unspecified atom stereocenters. The van der Waals surface area contributed by atoms with E-state index in [1.807, 2.05) is 38.9 Å². The van der Waals surface area contributed by atoms with Crippen LogP contribution in [0.25, 0.3) is 0 Å². The second kappa shape index (κ2) is 6.71. The molecule has 0 fully saturated rings. The van der Waals surface area contributed by atoms with Gasteiger partial charge in [-0.3, -0.25) is 4.68 Å². The molecule has 0 aliphatic carbocycles. The SMILES string of the molecule is CCN(CC)c1nc(Cl)nc(NCc2cn(C)nc2C)n1. The van der Waals surface area contributed by atoms with E-state index < -0.39 is 0 Å². The predicted octanol–water partition coefficient (Wildman–Crippen LogP) is 2.03. The third-order valence-electron chi connectivity index (χ3n) is 3.19. The van der Waals surface area contributed by atoms with Gasteiger partial charge in [0.25, 0.3) is 0 Å². The van der Waals surface area contributed by atoms with E-state index in [0.717, 1.165) is 24.3 Å². The molecule has 2 aromatic heterocycles. The molecular weight excluding hydrogens is 290 g/mol. The molecule has 0 aliphatic heterocycles. The number of nitrogens with one attached hydrogen (secondary N) is 1. The van der Waals surface area contributed by atoms with Crippen LogP contribution in [0.2, 0.25) is 5.28 Å². The number of nitrogens with zero attached hydrogens (tertiary/aromatic N) is 6. The molecule has 0 atom stereocenters. The van der Waals surface area contributed by atoms with Gasteiger partial charge >= 0.3 is 0 Å². The summed E-state index contributed by atoms with van der Waals surface area (Å²) in [4.78, 5) is 14.7. The van der Waals surface area contributed by atoms with Crippen molar-refractivity contribution in [3.05, 3.63) is 22.7 Å². The molecule has 2 aromatic rings. The van der Waals surface area contributed by atoms with Crippen LogP contribution >= 0.6 is 11.6 Å². The molecule has 0 aliphatic rings. The normalized spacial score (nSPS) is 10.7. The van der Waals surface area contributed by atoms with Gasteiger partial charge in [-0.05, 0) is 32.4 Å². The smallest absolute Gasteiger partial charge is 0.231 e. The Morgan fingerprint density at radius 2 is 1.95 bits per heavy atom. The van der Waals surface area contributed by atoms with Crippen molar-refractivity contribution in [2.75, 3.05) is 23.3 Å². The predicted molar refractivity (Wildman–Crippen MR) is 83.7 cm³/mol. The van der Waals surface area contributed by atoms with Crippen molar-refractivity contribution in [3.8, 4) is 0 Å². The van der Waals surface area contributed by atoms with Crippen molar-refractivity contribution in [1.29, 1.82) is 0 Å². The maximum absolute atomic E-state index is 5.98. The molecule has 114 valence electrons. The summed E-state index contributed by atoms with van der Waals surface area (Å²) >= 11 is 5.98. The Hall–Kier alpha value is -1.89. The topological polar surface area (TPSA) is 71.8 Å². The number of hydrogen-bond donors (Lipinski definition) is 1. The first kappa shape index (κ1) is 15.5. The highest BCUT2D eigenvalue weighted by Crippen LogP contribution is 2.14. The Balaban J connectivity index is 2.14. The summed E-state index contributed by atoms with van der Waals surface area (Å²) in [5.41, 5.74) is 2.08. The van der Waals surface area contributed by atoms with Crippen molar-refractivity contribution >= 4 is 23.5 Å². The molecule has 21 heavy (non-hydrogen) atoms. The standard InChI is InChI=1S/C13H20ClN7/c1-5-21(6-2)13-17-11(14)16-12(18-13)15-7-10-8-20(4)19-9(10)3/h8H,5-7H2,1-4H3,(H,15,16,17,18). The zero-order chi connectivity index (χ0) is 15.4. The Morgan fingerprint density at radius 3 is 2.52 bits per heavy atom. The van der Waals surface area contributed by atoms with Crippen molar-refractivity contribution in [1.82, 2.24) is 24.7 Å². The lowest BCUT2D eigenvalue weighted by molar-refractivity contribution is 0.756. The van der Waals surface area contributed by atoms with E-state index in [1.54, 1.807) is 4.68 Å². The molecule has 2 rings (SSSR count). The highest BCUT2D eigenvalue weighted by Gasteiger charge is 2.10. The third-order valence-corrected chi connectivity index (χ3v) is 3.36. The first-order valence-electron chi connectivity index (χ1n) is 6.93. The number of aromatic nitrogens is 5. The van der Waals surface area contributed by atoms with Crippen LogP contribution in [0.15, 0.2) is 6.20 Å². The molecule has 2 heterocycles. The van der Waals surface area contributed by atoms with E-state index in [4.69, 9.17) is 11.6 Å². The highest BCUT2D eigenvalue weighted by atomic mass is 35.5. The molecule has 8 heteroatoms. The number of anilines is 2. The van der Waals surface area contributed by atoms with Crippen LogP contribution in [0.5, 0.6) is 0 Å². The fourth-order valence-electron chi connectivity index (χ4n) is 2.06. The number of aryl methyl sites for hydroxylation is 2. The Morgan fingerprint density at radius 1 is 1.24 bits per heavy atom. The highest BCUT2D eigenvalue weighted by molar-refractivity contribution is 6.28. The van der Waals surface area contributed by atoms with Gasteiger partial charge in [-0.2, -0.15) is 20.1 Å². The molecule has 0 amide bonds. The van der Waals surface area contributed by atoms with Crippen LogP contribution < -0.4 is 10.2 Å². The van der Waals surface area contributed by atoms with Gasteiger partial charge in [-0.25, -0.2) is 0 Å². The van der Waals surface area contributed by atoms with Gasteiger partial charge in [0, 0.05) is 38.4 Å². The van der Waals surface area contributed by atoms with Crippen molar-refractivity contribution in [2.24, 2.45) is 7.05 Å². The Labute approximate surface area is 129 Å². The zero-order valence-corrected chi connectivity index (χ0v) is 13.5. The van der Waals surface area contributed by atoms with Gasteiger partial charge < -0.3 is 10.2 Å². The quantitative estimate of drug-likeness (QED) is 0.880. The van der Waals surface area contributed by atoms with Gasteiger partial charge in [0.1, 0.15) is 0 Å². The van der Waals surface area contributed by atoms with Gasteiger partial charge in [0.15, 0.2) is 0 Å². The van der Waals surface area contributed by atoms with Crippen LogP contribution in [0.4, 0.5) is 11.9 Å². The summed E-state index contributed by atoms with van der Waals surface area (Å²) in [6.45, 7) is 8.30. The van der Waals surface area contributed by atoms with Crippen molar-refractivity contribution < 1.29 is 0 Å². The Kier molecular flexibility index (Phi) is 4.95. The molecule has 0 saturated carbocycles. The largest absolute Gasteiger partial charge is 0.350 e. The van der Waals surface area contributed by atoms with E-state index in [2.05, 4.69) is 25.4 Å². The van der Waals surface area contributed by atoms with E-state index in [-0.39, 0.29) is 5.28 Å². The minimum absolute atomic E-state index is 0.192. The van der Waals surface area contributed by atoms with Crippen LogP contribution in [0.3, 0.4) is 0 Å². The summed E-state index contributed by atoms with van der Waals surface area (Å²) in [6.07, 6.45) is 1.97. The molecule has 0 saturated heterocycles. The van der Waals surface area contributed by atoms with Crippen LogP contribution in [-0.2, 0) is 13.6 Å². The summed E-state index contributed by atoms with van der Waals surface area (Å²) in [6, 6.07) is 0. The van der Waals surface area contributed by atoms with E-state index in [1.165, 1.54) is 0 Å². The van der Waals surface area contributed by atoms with Gasteiger partial charge in [0.2, 0.25) is 17.2 Å². The molecular formula is C13H20ClN7. The molecule has 7 nitrogen and oxygen atoms in total. The lowest BCUT2D eigenvalue weighted by Crippen LogP contribution is -2.25. The maximum Gasteiger partial charge on any atom is 0.231 e. The third kappa shape index (κ3) is 3.81. The fraction of sp³-hybridized carbons (Fsp3) is 0.538. The van der Waals surface area contributed by atoms with E-state index in [9.17, 15) is 0 Å². The van der Waals surface area contributed by atoms with E-state index in [0.29, 0.717) is 18.4 Å². The first-order valence-corrected chi connectivity index (χ1v) is 7.30. The first-order chi connectivity index (χ1) is 10.0. The number of halogens is 1. The monoisotopic (exact) mass is 309 g/mol. The van der Waals surface area contributed by atoms with Crippen molar-refractivity contribution in [2.45, 2.75) is 27.3 Å². The van der Waals surface area contributed by atoms with E-state index >= 15 is 0 Å². The molecule has 0 radical (unpaired) electrons. The molecule has 0 aromatic carbocycles. The number of rotatable bonds is 6. The second-order valence-corrected chi connectivity index (χ2v) is 5.01. The maximum atomic E-state index is 5.98. The molecule has 0 spiro atoms. The molecule has 1 N–H and O–H groups in total. The van der Waals surface area contributed by atoms with Gasteiger partial charge in [0.05, 0.1) is 5.69 Å². The average Bonchev–Trinajstić information content (AvgIpc) is 2.75. The summed E-state index contributed by atoms with van der Waals surface area (Å²) in [5.74, 6) is 1.06. The van der Waals surface area contributed by atoms with Crippen LogP contribution in [-0.4, -0.2) is 37.8 Å². The summed E-state index contributed by atoms with van der Waals surface area (Å²) in [5, 5.41) is 7.67. The Bertz CT molecular complexity index is 607. The lowest BCUT2D eigenvalue weighted by Gasteiger charge is -2.18.